The molecule has 1 aliphatic carbocycles. The van der Waals surface area contributed by atoms with Crippen LogP contribution >= 0.6 is 0 Å². The zero-order valence-corrected chi connectivity index (χ0v) is 14.3. The van der Waals surface area contributed by atoms with E-state index in [4.69, 9.17) is 4.98 Å². The number of hydrogen-bond donors (Lipinski definition) is 2. The lowest BCUT2D eigenvalue weighted by atomic mass is 10.1. The van der Waals surface area contributed by atoms with Crippen molar-refractivity contribution < 1.29 is 5.11 Å². The van der Waals surface area contributed by atoms with Gasteiger partial charge < -0.3 is 10.4 Å². The molecule has 126 valence electrons. The largest absolute Gasteiger partial charge is 0.390 e. The lowest BCUT2D eigenvalue weighted by molar-refractivity contribution is 0.165. The monoisotopic (exact) mass is 332 g/mol. The number of pyridine rings is 1. The van der Waals surface area contributed by atoms with Crippen LogP contribution in [0, 0.1) is 13.8 Å². The third-order valence-electron chi connectivity index (χ3n) is 4.82. The number of aliphatic hydroxyl groups is 1. The Balaban J connectivity index is 1.72. The minimum atomic E-state index is -0.462. The minimum Gasteiger partial charge on any atom is -0.390 e. The van der Waals surface area contributed by atoms with Crippen LogP contribution in [0.15, 0.2) is 48.8 Å². The van der Waals surface area contributed by atoms with Gasteiger partial charge in [-0.1, -0.05) is 24.3 Å². The molecule has 0 bridgehead atoms. The smallest absolute Gasteiger partial charge is 0.161 e. The SMILES string of the molecule is Cc1nc(-c2ccncc2)nc(N[C@H]2c3ccccc3C[C@H]2O)c1C. The molecule has 1 aromatic carbocycles. The summed E-state index contributed by atoms with van der Waals surface area (Å²) in [6.45, 7) is 3.98. The predicted molar refractivity (Wildman–Crippen MR) is 97.3 cm³/mol. The molecule has 0 spiro atoms. The third kappa shape index (κ3) is 2.87. The van der Waals surface area contributed by atoms with E-state index in [0.717, 1.165) is 28.2 Å². The van der Waals surface area contributed by atoms with Crippen LogP contribution in [0.3, 0.4) is 0 Å². The van der Waals surface area contributed by atoms with Crippen LogP contribution in [0.2, 0.25) is 0 Å². The molecule has 0 radical (unpaired) electrons. The Morgan fingerprint density at radius 2 is 1.80 bits per heavy atom. The molecule has 2 heterocycles. The fraction of sp³-hybridized carbons (Fsp3) is 0.250. The molecule has 5 nitrogen and oxygen atoms in total. The van der Waals surface area contributed by atoms with E-state index < -0.39 is 6.10 Å². The zero-order valence-electron chi connectivity index (χ0n) is 14.3. The molecule has 25 heavy (non-hydrogen) atoms. The van der Waals surface area contributed by atoms with E-state index >= 15 is 0 Å². The van der Waals surface area contributed by atoms with Gasteiger partial charge in [0.25, 0.3) is 0 Å². The van der Waals surface area contributed by atoms with Crippen LogP contribution in [-0.4, -0.2) is 26.2 Å². The topological polar surface area (TPSA) is 70.9 Å². The summed E-state index contributed by atoms with van der Waals surface area (Å²) in [5.74, 6) is 1.42. The van der Waals surface area contributed by atoms with E-state index in [9.17, 15) is 5.11 Å². The molecule has 0 aliphatic heterocycles. The summed E-state index contributed by atoms with van der Waals surface area (Å²) in [4.78, 5) is 13.4. The Kier molecular flexibility index (Phi) is 3.93. The maximum Gasteiger partial charge on any atom is 0.161 e. The molecule has 2 aromatic heterocycles. The number of aromatic nitrogens is 3. The number of aliphatic hydroxyl groups excluding tert-OH is 1. The number of nitrogens with zero attached hydrogens (tertiary/aromatic N) is 3. The number of anilines is 1. The van der Waals surface area contributed by atoms with Crippen molar-refractivity contribution >= 4 is 5.82 Å². The molecular weight excluding hydrogens is 312 g/mol. The minimum absolute atomic E-state index is 0.158. The van der Waals surface area contributed by atoms with E-state index in [-0.39, 0.29) is 6.04 Å². The number of nitrogens with one attached hydrogen (secondary N) is 1. The number of benzene rings is 1. The molecule has 1 aliphatic rings. The van der Waals surface area contributed by atoms with Crippen molar-refractivity contribution in [1.82, 2.24) is 15.0 Å². The van der Waals surface area contributed by atoms with Crippen LogP contribution in [0.25, 0.3) is 11.4 Å². The number of rotatable bonds is 3. The maximum absolute atomic E-state index is 10.5. The quantitative estimate of drug-likeness (QED) is 0.770. The summed E-state index contributed by atoms with van der Waals surface area (Å²) in [6.07, 6.45) is 3.67. The van der Waals surface area contributed by atoms with Gasteiger partial charge in [-0.05, 0) is 37.1 Å². The van der Waals surface area contributed by atoms with E-state index in [1.807, 2.05) is 38.1 Å². The summed E-state index contributed by atoms with van der Waals surface area (Å²) in [6, 6.07) is 11.8. The third-order valence-corrected chi connectivity index (χ3v) is 4.82. The molecule has 2 N–H and O–H groups in total. The molecule has 0 amide bonds. The van der Waals surface area contributed by atoms with Crippen LogP contribution in [0.1, 0.15) is 28.4 Å². The first-order valence-corrected chi connectivity index (χ1v) is 8.41. The van der Waals surface area contributed by atoms with Crippen LogP contribution in [-0.2, 0) is 6.42 Å². The van der Waals surface area contributed by atoms with Crippen molar-refractivity contribution in [2.24, 2.45) is 0 Å². The summed E-state index contributed by atoms with van der Waals surface area (Å²) < 4.78 is 0. The highest BCUT2D eigenvalue weighted by Gasteiger charge is 2.31. The standard InChI is InChI=1S/C20H20N4O/c1-12-13(2)22-20(14-7-9-21-10-8-14)24-19(12)23-18-16-6-4-3-5-15(16)11-17(18)25/h3-10,17-18,25H,11H2,1-2H3,(H,22,23,24)/t17-,18+/m1/s1. The fourth-order valence-corrected chi connectivity index (χ4v) is 3.29. The number of aryl methyl sites for hydroxylation is 1. The average Bonchev–Trinajstić information content (AvgIpc) is 2.95. The molecule has 4 rings (SSSR count). The van der Waals surface area contributed by atoms with Crippen LogP contribution in [0.4, 0.5) is 5.82 Å². The van der Waals surface area contributed by atoms with Gasteiger partial charge in [0.1, 0.15) is 5.82 Å². The Hall–Kier alpha value is -2.79. The summed E-state index contributed by atoms with van der Waals surface area (Å²) >= 11 is 0. The first-order valence-electron chi connectivity index (χ1n) is 8.41. The van der Waals surface area contributed by atoms with Crippen molar-refractivity contribution in [1.29, 1.82) is 0 Å². The second-order valence-corrected chi connectivity index (χ2v) is 6.43. The van der Waals surface area contributed by atoms with Crippen LogP contribution < -0.4 is 5.32 Å². The predicted octanol–water partition coefficient (Wildman–Crippen LogP) is 3.23. The highest BCUT2D eigenvalue weighted by molar-refractivity contribution is 5.60. The van der Waals surface area contributed by atoms with Gasteiger partial charge in [0.2, 0.25) is 0 Å². The summed E-state index contributed by atoms with van der Waals surface area (Å²) in [5.41, 5.74) is 5.16. The first kappa shape index (κ1) is 15.7. The summed E-state index contributed by atoms with van der Waals surface area (Å²) in [7, 11) is 0. The van der Waals surface area contributed by atoms with Gasteiger partial charge in [-0.15, -0.1) is 0 Å². The average molecular weight is 332 g/mol. The lowest BCUT2D eigenvalue weighted by Crippen LogP contribution is -2.22. The van der Waals surface area contributed by atoms with Crippen molar-refractivity contribution in [3.8, 4) is 11.4 Å². The van der Waals surface area contributed by atoms with Gasteiger partial charge in [0.05, 0.1) is 12.1 Å². The molecular formula is C20H20N4O. The molecule has 0 fully saturated rings. The fourth-order valence-electron chi connectivity index (χ4n) is 3.29. The Morgan fingerprint density at radius 3 is 2.60 bits per heavy atom. The second-order valence-electron chi connectivity index (χ2n) is 6.43. The molecule has 0 saturated heterocycles. The van der Waals surface area contributed by atoms with Crippen molar-refractivity contribution in [3.05, 3.63) is 71.2 Å². The number of hydrogen-bond acceptors (Lipinski definition) is 5. The van der Waals surface area contributed by atoms with E-state index in [2.05, 4.69) is 27.4 Å². The van der Waals surface area contributed by atoms with E-state index in [1.54, 1.807) is 12.4 Å². The Labute approximate surface area is 146 Å². The Bertz CT molecular complexity index is 911. The number of fused-ring (bicyclic) bond motifs is 1. The van der Waals surface area contributed by atoms with Crippen molar-refractivity contribution in [2.75, 3.05) is 5.32 Å². The molecule has 2 atom stereocenters. The molecule has 0 saturated carbocycles. The van der Waals surface area contributed by atoms with Gasteiger partial charge in [-0.25, -0.2) is 9.97 Å². The van der Waals surface area contributed by atoms with Gasteiger partial charge in [0.15, 0.2) is 5.82 Å². The maximum atomic E-state index is 10.5. The van der Waals surface area contributed by atoms with Gasteiger partial charge in [0, 0.05) is 35.6 Å². The normalized spacial score (nSPS) is 18.8. The molecule has 3 aromatic rings. The summed E-state index contributed by atoms with van der Waals surface area (Å²) in [5, 5.41) is 14.0. The van der Waals surface area contributed by atoms with Gasteiger partial charge >= 0.3 is 0 Å². The highest BCUT2D eigenvalue weighted by atomic mass is 16.3. The van der Waals surface area contributed by atoms with E-state index in [0.29, 0.717) is 12.2 Å². The second kappa shape index (κ2) is 6.26. The van der Waals surface area contributed by atoms with E-state index in [1.165, 1.54) is 5.56 Å². The Morgan fingerprint density at radius 1 is 1.04 bits per heavy atom. The van der Waals surface area contributed by atoms with Crippen LogP contribution in [0.5, 0.6) is 0 Å². The van der Waals surface area contributed by atoms with Gasteiger partial charge in [-0.2, -0.15) is 0 Å². The van der Waals surface area contributed by atoms with Crippen molar-refractivity contribution in [3.63, 3.8) is 0 Å². The zero-order chi connectivity index (χ0) is 17.4. The van der Waals surface area contributed by atoms with Crippen molar-refractivity contribution in [2.45, 2.75) is 32.4 Å². The lowest BCUT2D eigenvalue weighted by Gasteiger charge is -2.21. The first-order chi connectivity index (χ1) is 12.1. The van der Waals surface area contributed by atoms with Gasteiger partial charge in [-0.3, -0.25) is 4.98 Å². The molecule has 5 heteroatoms. The molecule has 0 unspecified atom stereocenters. The highest BCUT2D eigenvalue weighted by Crippen LogP contribution is 2.35.